The molecule has 1 fully saturated rings. The van der Waals surface area contributed by atoms with Crippen LogP contribution >= 0.6 is 0 Å². The van der Waals surface area contributed by atoms with Gasteiger partial charge < -0.3 is 30.7 Å². The van der Waals surface area contributed by atoms with Crippen molar-refractivity contribution in [2.24, 2.45) is 0 Å². The van der Waals surface area contributed by atoms with E-state index in [-0.39, 0.29) is 51.3 Å². The predicted molar refractivity (Wildman–Crippen MR) is 82.9 cm³/mol. The van der Waals surface area contributed by atoms with Gasteiger partial charge in [-0.1, -0.05) is 0 Å². The van der Waals surface area contributed by atoms with Gasteiger partial charge in [0.05, 0.1) is 13.2 Å². The zero-order valence-electron chi connectivity index (χ0n) is 13.8. The van der Waals surface area contributed by atoms with Gasteiger partial charge in [0, 0.05) is 13.1 Å². The summed E-state index contributed by atoms with van der Waals surface area (Å²) in [6.07, 6.45) is 0. The lowest BCUT2D eigenvalue weighted by Gasteiger charge is -2.16. The highest BCUT2D eigenvalue weighted by molar-refractivity contribution is 5.89. The molecule has 10 nitrogen and oxygen atoms in total. The Hall–Kier alpha value is -2.20. The number of hydrogen-bond donors (Lipinski definition) is 4. The summed E-state index contributed by atoms with van der Waals surface area (Å²) in [6.45, 7) is 3.47. The number of ether oxygens (including phenoxy) is 2. The van der Waals surface area contributed by atoms with Gasteiger partial charge in [-0.15, -0.1) is 0 Å². The molecule has 1 saturated heterocycles. The van der Waals surface area contributed by atoms with Crippen molar-refractivity contribution < 1.29 is 28.7 Å². The van der Waals surface area contributed by atoms with Gasteiger partial charge in [-0.25, -0.2) is 0 Å². The van der Waals surface area contributed by atoms with Crippen LogP contribution in [-0.4, -0.2) is 75.2 Å². The summed E-state index contributed by atoms with van der Waals surface area (Å²) in [7, 11) is 0. The molecule has 0 aromatic heterocycles. The van der Waals surface area contributed by atoms with Gasteiger partial charge >= 0.3 is 0 Å². The number of rotatable bonds is 0. The van der Waals surface area contributed by atoms with E-state index in [0.717, 1.165) is 0 Å². The van der Waals surface area contributed by atoms with Crippen LogP contribution in [0.5, 0.6) is 0 Å². The van der Waals surface area contributed by atoms with Crippen molar-refractivity contribution in [2.75, 3.05) is 39.5 Å². The third-order valence-corrected chi connectivity index (χ3v) is 3.10. The van der Waals surface area contributed by atoms with Crippen molar-refractivity contribution in [3.8, 4) is 0 Å². The molecule has 136 valence electrons. The molecule has 4 N–H and O–H groups in total. The fourth-order valence-electron chi connectivity index (χ4n) is 1.83. The number of amides is 4. The van der Waals surface area contributed by atoms with Gasteiger partial charge in [0.1, 0.15) is 25.3 Å². The van der Waals surface area contributed by atoms with Crippen LogP contribution < -0.4 is 21.3 Å². The number of carbonyl (C=O) groups is 4. The summed E-state index contributed by atoms with van der Waals surface area (Å²) < 4.78 is 10.2. The number of hydrogen-bond acceptors (Lipinski definition) is 6. The Labute approximate surface area is 140 Å². The fourth-order valence-corrected chi connectivity index (χ4v) is 1.83. The van der Waals surface area contributed by atoms with E-state index in [0.29, 0.717) is 0 Å². The molecule has 0 unspecified atom stereocenters. The van der Waals surface area contributed by atoms with E-state index in [2.05, 4.69) is 21.3 Å². The number of carbonyl (C=O) groups excluding carboxylic acids is 4. The summed E-state index contributed by atoms with van der Waals surface area (Å²) in [6, 6.07) is -1.46. The summed E-state index contributed by atoms with van der Waals surface area (Å²) in [4.78, 5) is 46.7. The molecule has 0 saturated carbocycles. The first-order chi connectivity index (χ1) is 11.4. The maximum Gasteiger partial charge on any atom is 0.246 e. The van der Waals surface area contributed by atoms with Gasteiger partial charge in [-0.3, -0.25) is 19.2 Å². The van der Waals surface area contributed by atoms with Crippen molar-refractivity contribution in [3.63, 3.8) is 0 Å². The molecule has 1 aliphatic heterocycles. The highest BCUT2D eigenvalue weighted by atomic mass is 16.5. The van der Waals surface area contributed by atoms with Crippen LogP contribution in [0.3, 0.4) is 0 Å². The Kier molecular flexibility index (Phi) is 8.72. The third kappa shape index (κ3) is 7.88. The van der Waals surface area contributed by atoms with E-state index < -0.39 is 23.9 Å². The quantitative estimate of drug-likeness (QED) is 0.377. The summed E-state index contributed by atoms with van der Waals surface area (Å²) >= 11 is 0. The maximum atomic E-state index is 11.7. The Morgan fingerprint density at radius 2 is 1.17 bits per heavy atom. The minimum absolute atomic E-state index is 0.275. The highest BCUT2D eigenvalue weighted by Crippen LogP contribution is 1.87. The van der Waals surface area contributed by atoms with Crippen LogP contribution in [0.4, 0.5) is 0 Å². The molecule has 0 aromatic carbocycles. The SMILES string of the molecule is C[C@@H]1NC(=O)COCC(=O)N[C@@H](C)C(=O)NCCOCCNC1=O. The van der Waals surface area contributed by atoms with Crippen LogP contribution in [0, 0.1) is 0 Å². The molecule has 2 atom stereocenters. The first-order valence-corrected chi connectivity index (χ1v) is 7.69. The minimum Gasteiger partial charge on any atom is -0.378 e. The highest BCUT2D eigenvalue weighted by Gasteiger charge is 2.17. The first kappa shape index (κ1) is 19.8. The fraction of sp³-hybridized carbons (Fsp3) is 0.714. The van der Waals surface area contributed by atoms with E-state index >= 15 is 0 Å². The second-order valence-electron chi connectivity index (χ2n) is 5.27. The van der Waals surface area contributed by atoms with E-state index in [9.17, 15) is 19.2 Å². The summed E-state index contributed by atoms with van der Waals surface area (Å²) in [5.74, 6) is -1.75. The topological polar surface area (TPSA) is 135 Å². The van der Waals surface area contributed by atoms with Gasteiger partial charge in [0.2, 0.25) is 23.6 Å². The van der Waals surface area contributed by atoms with Crippen LogP contribution in [0.1, 0.15) is 13.8 Å². The molecule has 1 aliphatic rings. The normalized spacial score (nSPS) is 26.2. The van der Waals surface area contributed by atoms with Crippen molar-refractivity contribution in [1.82, 2.24) is 21.3 Å². The monoisotopic (exact) mass is 344 g/mol. The molecule has 1 heterocycles. The van der Waals surface area contributed by atoms with E-state index in [1.165, 1.54) is 13.8 Å². The molecule has 0 aliphatic carbocycles. The lowest BCUT2D eigenvalue weighted by atomic mass is 10.3. The largest absolute Gasteiger partial charge is 0.378 e. The zero-order chi connectivity index (χ0) is 17.9. The van der Waals surface area contributed by atoms with Gasteiger partial charge in [0.15, 0.2) is 0 Å². The lowest BCUT2D eigenvalue weighted by molar-refractivity contribution is -0.135. The van der Waals surface area contributed by atoms with Gasteiger partial charge in [0.25, 0.3) is 0 Å². The van der Waals surface area contributed by atoms with E-state index in [1.807, 2.05) is 0 Å². The van der Waals surface area contributed by atoms with Crippen molar-refractivity contribution in [1.29, 1.82) is 0 Å². The Morgan fingerprint density at radius 3 is 1.58 bits per heavy atom. The van der Waals surface area contributed by atoms with Crippen LogP contribution in [0.15, 0.2) is 0 Å². The lowest BCUT2D eigenvalue weighted by Crippen LogP contribution is -2.48. The van der Waals surface area contributed by atoms with Crippen molar-refractivity contribution >= 4 is 23.6 Å². The second kappa shape index (κ2) is 10.6. The molecule has 0 aromatic rings. The van der Waals surface area contributed by atoms with Crippen LogP contribution in [0.25, 0.3) is 0 Å². The van der Waals surface area contributed by atoms with Crippen LogP contribution in [-0.2, 0) is 28.7 Å². The molecule has 0 bridgehead atoms. The van der Waals surface area contributed by atoms with Crippen molar-refractivity contribution in [2.45, 2.75) is 25.9 Å². The first-order valence-electron chi connectivity index (χ1n) is 7.69. The molecule has 0 radical (unpaired) electrons. The standard InChI is InChI=1S/C14H24N4O6/c1-9-13(21)15-3-5-23-6-4-16-14(22)10(2)18-12(20)8-24-7-11(19)17-9/h9-10H,3-8H2,1-2H3,(H,15,21)(H,16,22)(H,17,19)(H,18,20)/t9-,10-/m0/s1. The predicted octanol–water partition coefficient (Wildman–Crippen LogP) is -2.72. The summed E-state index contributed by atoms with van der Waals surface area (Å²) in [5.41, 5.74) is 0. The molecule has 10 heteroatoms. The molecule has 24 heavy (non-hydrogen) atoms. The smallest absolute Gasteiger partial charge is 0.246 e. The minimum atomic E-state index is -0.729. The van der Waals surface area contributed by atoms with E-state index in [1.54, 1.807) is 0 Å². The Bertz CT molecular complexity index is 430. The van der Waals surface area contributed by atoms with Crippen molar-refractivity contribution in [3.05, 3.63) is 0 Å². The molecule has 4 amide bonds. The van der Waals surface area contributed by atoms with Gasteiger partial charge in [-0.2, -0.15) is 0 Å². The zero-order valence-corrected chi connectivity index (χ0v) is 13.8. The molecule has 1 rings (SSSR count). The molecular weight excluding hydrogens is 320 g/mol. The Morgan fingerprint density at radius 1 is 0.750 bits per heavy atom. The van der Waals surface area contributed by atoms with E-state index in [4.69, 9.17) is 9.47 Å². The summed E-state index contributed by atoms with van der Waals surface area (Å²) in [5, 5.41) is 10.1. The van der Waals surface area contributed by atoms with Crippen LogP contribution in [0.2, 0.25) is 0 Å². The maximum absolute atomic E-state index is 11.7. The molecular formula is C14H24N4O6. The molecule has 0 spiro atoms. The Balaban J connectivity index is 2.54. The second-order valence-corrected chi connectivity index (χ2v) is 5.27. The average Bonchev–Trinajstić information content (AvgIpc) is 2.52. The van der Waals surface area contributed by atoms with Gasteiger partial charge in [-0.05, 0) is 13.8 Å². The third-order valence-electron chi connectivity index (χ3n) is 3.10. The number of nitrogens with one attached hydrogen (secondary N) is 4. The average molecular weight is 344 g/mol.